The molecule has 0 aliphatic rings. The number of para-hydroxylation sites is 1. The Morgan fingerprint density at radius 2 is 1.83 bits per heavy atom. The summed E-state index contributed by atoms with van der Waals surface area (Å²) in [4.78, 5) is 14.2. The van der Waals surface area contributed by atoms with Crippen LogP contribution < -0.4 is 15.4 Å². The molecule has 1 unspecified atom stereocenters. The number of anilines is 2. The fourth-order valence-electron chi connectivity index (χ4n) is 2.78. The van der Waals surface area contributed by atoms with E-state index in [0.717, 1.165) is 5.75 Å². The second-order valence-corrected chi connectivity index (χ2v) is 6.89. The molecule has 0 saturated carbocycles. The number of nitrogens with one attached hydrogen (secondary N) is 2. The fourth-order valence-corrected chi connectivity index (χ4v) is 2.78. The van der Waals surface area contributed by atoms with Gasteiger partial charge in [0.15, 0.2) is 0 Å². The summed E-state index contributed by atoms with van der Waals surface area (Å²) < 4.78 is 7.37. The highest BCUT2D eigenvalue weighted by Gasteiger charge is 2.10. The number of aliphatic hydroxyl groups excluding tert-OH is 1. The predicted octanol–water partition coefficient (Wildman–Crippen LogP) is 3.24. The zero-order valence-corrected chi connectivity index (χ0v) is 16.4. The van der Waals surface area contributed by atoms with Crippen LogP contribution in [0, 0.1) is 0 Å². The van der Waals surface area contributed by atoms with Gasteiger partial charge in [0.2, 0.25) is 0 Å². The van der Waals surface area contributed by atoms with Crippen molar-refractivity contribution < 1.29 is 14.6 Å². The number of amides is 2. The van der Waals surface area contributed by atoms with Gasteiger partial charge >= 0.3 is 6.03 Å². The van der Waals surface area contributed by atoms with Crippen LogP contribution in [0.3, 0.4) is 0 Å². The van der Waals surface area contributed by atoms with Gasteiger partial charge in [0.25, 0.3) is 0 Å². The summed E-state index contributed by atoms with van der Waals surface area (Å²) in [7, 11) is 3.78. The molecule has 2 amide bonds. The predicted molar refractivity (Wildman–Crippen MR) is 112 cm³/mol. The van der Waals surface area contributed by atoms with E-state index in [-0.39, 0.29) is 0 Å². The number of nitrogens with zero attached hydrogens (tertiary/aromatic N) is 3. The number of ether oxygens (including phenoxy) is 1. The number of aromatic nitrogens is 2. The standard InChI is InChI=1S/C21H25N5O3/c1-25(2)14-18(27)15-26-13-17(12-22-26)24-21(28)23-16-7-6-10-20(11-16)29-19-8-4-3-5-9-19/h3-13,18,27H,14-15H2,1-2H3,(H2,23,24,28). The van der Waals surface area contributed by atoms with Crippen molar-refractivity contribution in [1.82, 2.24) is 14.7 Å². The van der Waals surface area contributed by atoms with Crippen molar-refractivity contribution >= 4 is 17.4 Å². The van der Waals surface area contributed by atoms with Crippen LogP contribution in [0.25, 0.3) is 0 Å². The normalized spacial score (nSPS) is 11.9. The van der Waals surface area contributed by atoms with Gasteiger partial charge in [0, 0.05) is 24.5 Å². The highest BCUT2D eigenvalue weighted by Crippen LogP contribution is 2.24. The first kappa shape index (κ1) is 20.4. The van der Waals surface area contributed by atoms with Crippen LogP contribution in [-0.4, -0.2) is 52.6 Å². The van der Waals surface area contributed by atoms with E-state index in [2.05, 4.69) is 15.7 Å². The van der Waals surface area contributed by atoms with E-state index in [1.54, 1.807) is 29.1 Å². The first-order chi connectivity index (χ1) is 14.0. The first-order valence-corrected chi connectivity index (χ1v) is 9.24. The highest BCUT2D eigenvalue weighted by atomic mass is 16.5. The third kappa shape index (κ3) is 6.63. The molecule has 0 aliphatic heterocycles. The van der Waals surface area contributed by atoms with Crippen LogP contribution in [0.4, 0.5) is 16.2 Å². The van der Waals surface area contributed by atoms with Gasteiger partial charge in [0.05, 0.1) is 24.5 Å². The molecule has 1 atom stereocenters. The second kappa shape index (κ2) is 9.72. The number of carbonyl (C=O) groups excluding carboxylic acids is 1. The molecule has 0 fully saturated rings. The van der Waals surface area contributed by atoms with Gasteiger partial charge in [-0.2, -0.15) is 5.10 Å². The zero-order chi connectivity index (χ0) is 20.6. The molecule has 0 saturated heterocycles. The molecule has 1 aromatic heterocycles. The lowest BCUT2D eigenvalue weighted by Gasteiger charge is -2.15. The molecular weight excluding hydrogens is 370 g/mol. The average molecular weight is 395 g/mol. The molecule has 3 aromatic rings. The van der Waals surface area contributed by atoms with Crippen molar-refractivity contribution in [3.63, 3.8) is 0 Å². The molecule has 152 valence electrons. The first-order valence-electron chi connectivity index (χ1n) is 9.24. The molecule has 29 heavy (non-hydrogen) atoms. The maximum atomic E-state index is 12.3. The summed E-state index contributed by atoms with van der Waals surface area (Å²) in [6.07, 6.45) is 2.67. The Kier molecular flexibility index (Phi) is 6.83. The van der Waals surface area contributed by atoms with Crippen molar-refractivity contribution in [2.75, 3.05) is 31.3 Å². The minimum Gasteiger partial charge on any atom is -0.457 e. The zero-order valence-electron chi connectivity index (χ0n) is 16.4. The molecule has 0 spiro atoms. The smallest absolute Gasteiger partial charge is 0.323 e. The minimum absolute atomic E-state index is 0.348. The summed E-state index contributed by atoms with van der Waals surface area (Å²) in [5.74, 6) is 1.34. The van der Waals surface area contributed by atoms with E-state index < -0.39 is 12.1 Å². The van der Waals surface area contributed by atoms with Gasteiger partial charge in [-0.1, -0.05) is 24.3 Å². The van der Waals surface area contributed by atoms with Crippen molar-refractivity contribution in [3.8, 4) is 11.5 Å². The fraction of sp³-hybridized carbons (Fsp3) is 0.238. The Labute approximate surface area is 169 Å². The summed E-state index contributed by atoms with van der Waals surface area (Å²) >= 11 is 0. The molecule has 3 rings (SSSR count). The topological polar surface area (TPSA) is 91.7 Å². The Bertz CT molecular complexity index is 927. The molecule has 0 bridgehead atoms. The molecule has 8 heteroatoms. The molecule has 3 N–H and O–H groups in total. The van der Waals surface area contributed by atoms with Crippen molar-refractivity contribution in [1.29, 1.82) is 0 Å². The number of aliphatic hydroxyl groups is 1. The van der Waals surface area contributed by atoms with Gasteiger partial charge < -0.3 is 25.4 Å². The Hall–Kier alpha value is -3.36. The molecule has 2 aromatic carbocycles. The van der Waals surface area contributed by atoms with Gasteiger partial charge in [0.1, 0.15) is 11.5 Å². The third-order valence-corrected chi connectivity index (χ3v) is 3.94. The van der Waals surface area contributed by atoms with Gasteiger partial charge in [-0.3, -0.25) is 4.68 Å². The maximum absolute atomic E-state index is 12.3. The third-order valence-electron chi connectivity index (χ3n) is 3.94. The van der Waals surface area contributed by atoms with E-state index in [4.69, 9.17) is 4.74 Å². The van der Waals surface area contributed by atoms with Gasteiger partial charge in [-0.25, -0.2) is 4.79 Å². The molecule has 0 aliphatic carbocycles. The monoisotopic (exact) mass is 395 g/mol. The number of likely N-dealkylation sites (N-methyl/N-ethyl adjacent to an activating group) is 1. The molecule has 0 radical (unpaired) electrons. The Morgan fingerprint density at radius 3 is 2.59 bits per heavy atom. The van der Waals surface area contributed by atoms with E-state index in [1.165, 1.54) is 6.20 Å². The SMILES string of the molecule is CN(C)CC(O)Cn1cc(NC(=O)Nc2cccc(Oc3ccccc3)c2)cn1. The maximum Gasteiger partial charge on any atom is 0.323 e. The number of hydrogen-bond donors (Lipinski definition) is 3. The van der Waals surface area contributed by atoms with Crippen LogP contribution in [0.2, 0.25) is 0 Å². The second-order valence-electron chi connectivity index (χ2n) is 6.89. The van der Waals surface area contributed by atoms with Crippen molar-refractivity contribution in [2.24, 2.45) is 0 Å². The lowest BCUT2D eigenvalue weighted by Crippen LogP contribution is -2.29. The Morgan fingerprint density at radius 1 is 1.10 bits per heavy atom. The van der Waals surface area contributed by atoms with Crippen LogP contribution in [0.1, 0.15) is 0 Å². The van der Waals surface area contributed by atoms with Crippen LogP contribution in [0.15, 0.2) is 67.0 Å². The van der Waals surface area contributed by atoms with E-state index in [0.29, 0.717) is 30.2 Å². The molecule has 1 heterocycles. The average Bonchev–Trinajstić information content (AvgIpc) is 3.08. The lowest BCUT2D eigenvalue weighted by atomic mass is 10.3. The van der Waals surface area contributed by atoms with E-state index in [1.807, 2.05) is 55.4 Å². The largest absolute Gasteiger partial charge is 0.457 e. The van der Waals surface area contributed by atoms with E-state index >= 15 is 0 Å². The van der Waals surface area contributed by atoms with Gasteiger partial charge in [-0.05, 0) is 38.4 Å². The summed E-state index contributed by atoms with van der Waals surface area (Å²) in [5, 5.41) is 19.6. The summed E-state index contributed by atoms with van der Waals surface area (Å²) in [6, 6.07) is 16.2. The number of carbonyl (C=O) groups is 1. The van der Waals surface area contributed by atoms with Crippen molar-refractivity contribution in [2.45, 2.75) is 12.6 Å². The van der Waals surface area contributed by atoms with Crippen LogP contribution >= 0.6 is 0 Å². The highest BCUT2D eigenvalue weighted by molar-refractivity contribution is 5.99. The number of hydrogen-bond acceptors (Lipinski definition) is 5. The minimum atomic E-state index is -0.543. The van der Waals surface area contributed by atoms with Crippen LogP contribution in [0.5, 0.6) is 11.5 Å². The number of benzene rings is 2. The molecule has 8 nitrogen and oxygen atoms in total. The van der Waals surface area contributed by atoms with Crippen molar-refractivity contribution in [3.05, 3.63) is 67.0 Å². The quantitative estimate of drug-likeness (QED) is 0.545. The Balaban J connectivity index is 1.54. The van der Waals surface area contributed by atoms with Gasteiger partial charge in [-0.15, -0.1) is 0 Å². The molecular formula is C21H25N5O3. The summed E-state index contributed by atoms with van der Waals surface area (Å²) in [5.41, 5.74) is 1.14. The lowest BCUT2D eigenvalue weighted by molar-refractivity contribution is 0.116. The number of urea groups is 1. The van der Waals surface area contributed by atoms with E-state index in [9.17, 15) is 9.90 Å². The number of rotatable bonds is 8. The summed E-state index contributed by atoms with van der Waals surface area (Å²) in [6.45, 7) is 0.880. The van der Waals surface area contributed by atoms with Crippen LogP contribution in [-0.2, 0) is 6.54 Å².